The number of aryl methyl sites for hydroxylation is 2. The van der Waals surface area contributed by atoms with Gasteiger partial charge in [-0.1, -0.05) is 30.0 Å². The minimum atomic E-state index is 0.807. The van der Waals surface area contributed by atoms with Gasteiger partial charge in [0.25, 0.3) is 0 Å². The summed E-state index contributed by atoms with van der Waals surface area (Å²) in [6.45, 7) is 4.35. The zero-order chi connectivity index (χ0) is 17.3. The van der Waals surface area contributed by atoms with Crippen molar-refractivity contribution in [3.05, 3.63) is 46.6 Å². The van der Waals surface area contributed by atoms with Gasteiger partial charge in [0.15, 0.2) is 0 Å². The van der Waals surface area contributed by atoms with Gasteiger partial charge in [-0.05, 0) is 37.0 Å². The Morgan fingerprint density at radius 1 is 1.08 bits per heavy atom. The molecule has 2 aliphatic rings. The molecule has 5 rings (SSSR count). The first-order valence-corrected chi connectivity index (χ1v) is 10.8. The molecular formula is C20H21N3OS2. The standard InChI is InChI=1S/C20H21N3OS2/c1-2-5-14(6-3-1)25-19-18-15-7-4-8-16(15)26-20(18)22-17(21-19)13-23-9-11-24-12-10-23/h1-3,5-6H,4,7-13H2. The molecule has 0 unspecified atom stereocenters. The summed E-state index contributed by atoms with van der Waals surface area (Å²) >= 11 is 3.66. The van der Waals surface area contributed by atoms with Crippen molar-refractivity contribution < 1.29 is 4.74 Å². The predicted molar refractivity (Wildman–Crippen MR) is 106 cm³/mol. The smallest absolute Gasteiger partial charge is 0.145 e. The minimum Gasteiger partial charge on any atom is -0.379 e. The molecule has 6 heteroatoms. The van der Waals surface area contributed by atoms with Crippen LogP contribution < -0.4 is 0 Å². The monoisotopic (exact) mass is 383 g/mol. The van der Waals surface area contributed by atoms with Crippen LogP contribution in [0.4, 0.5) is 0 Å². The van der Waals surface area contributed by atoms with Crippen molar-refractivity contribution in [3.63, 3.8) is 0 Å². The quantitative estimate of drug-likeness (QED) is 0.633. The van der Waals surface area contributed by atoms with Gasteiger partial charge in [-0.2, -0.15) is 0 Å². The fourth-order valence-corrected chi connectivity index (χ4v) is 6.04. The molecule has 0 spiro atoms. The van der Waals surface area contributed by atoms with Gasteiger partial charge in [-0.15, -0.1) is 11.3 Å². The van der Waals surface area contributed by atoms with E-state index in [0.717, 1.165) is 43.7 Å². The maximum absolute atomic E-state index is 5.47. The van der Waals surface area contributed by atoms with E-state index < -0.39 is 0 Å². The van der Waals surface area contributed by atoms with Crippen LogP contribution in [0.1, 0.15) is 22.7 Å². The lowest BCUT2D eigenvalue weighted by molar-refractivity contribution is 0.0330. The molecule has 0 radical (unpaired) electrons. The number of morpholine rings is 1. The lowest BCUT2D eigenvalue weighted by Gasteiger charge is -2.25. The number of hydrogen-bond acceptors (Lipinski definition) is 6. The molecule has 1 aliphatic carbocycles. The first-order chi connectivity index (χ1) is 12.9. The largest absolute Gasteiger partial charge is 0.379 e. The van der Waals surface area contributed by atoms with E-state index in [0.29, 0.717) is 0 Å². The average Bonchev–Trinajstić information content (AvgIpc) is 3.24. The van der Waals surface area contributed by atoms with Crippen molar-refractivity contribution in [1.82, 2.24) is 14.9 Å². The third kappa shape index (κ3) is 3.27. The summed E-state index contributed by atoms with van der Waals surface area (Å²) in [5.74, 6) is 0.942. The predicted octanol–water partition coefficient (Wildman–Crippen LogP) is 4.16. The molecule has 2 aromatic heterocycles. The summed E-state index contributed by atoms with van der Waals surface area (Å²) in [5.41, 5.74) is 1.50. The van der Waals surface area contributed by atoms with Gasteiger partial charge < -0.3 is 4.74 Å². The van der Waals surface area contributed by atoms with Gasteiger partial charge >= 0.3 is 0 Å². The molecule has 0 N–H and O–H groups in total. The molecule has 0 atom stereocenters. The normalized spacial score (nSPS) is 17.7. The van der Waals surface area contributed by atoms with Crippen LogP contribution in [0, 0.1) is 0 Å². The number of aromatic nitrogens is 2. The van der Waals surface area contributed by atoms with Crippen molar-refractivity contribution in [2.75, 3.05) is 26.3 Å². The maximum atomic E-state index is 5.47. The second-order valence-corrected chi connectivity index (χ2v) is 8.93. The van der Waals surface area contributed by atoms with Gasteiger partial charge in [0.1, 0.15) is 15.7 Å². The molecular weight excluding hydrogens is 362 g/mol. The second-order valence-electron chi connectivity index (χ2n) is 6.79. The Bertz CT molecular complexity index is 920. The molecule has 0 saturated carbocycles. The fraction of sp³-hybridized carbons (Fsp3) is 0.400. The summed E-state index contributed by atoms with van der Waals surface area (Å²) < 4.78 is 5.47. The highest BCUT2D eigenvalue weighted by Crippen LogP contribution is 2.42. The topological polar surface area (TPSA) is 38.2 Å². The van der Waals surface area contributed by atoms with Crippen LogP contribution in [-0.2, 0) is 24.1 Å². The third-order valence-electron chi connectivity index (χ3n) is 5.00. The number of benzene rings is 1. The summed E-state index contributed by atoms with van der Waals surface area (Å²) in [6, 6.07) is 10.6. The Morgan fingerprint density at radius 2 is 1.92 bits per heavy atom. The summed E-state index contributed by atoms with van der Waals surface area (Å²) in [4.78, 5) is 16.3. The second kappa shape index (κ2) is 7.27. The van der Waals surface area contributed by atoms with Gasteiger partial charge in [0.2, 0.25) is 0 Å². The first kappa shape index (κ1) is 16.7. The molecule has 1 saturated heterocycles. The highest BCUT2D eigenvalue weighted by atomic mass is 32.2. The number of thiophene rings is 1. The molecule has 1 fully saturated rings. The van der Waals surface area contributed by atoms with Crippen LogP contribution in [0.5, 0.6) is 0 Å². The van der Waals surface area contributed by atoms with Crippen molar-refractivity contribution in [1.29, 1.82) is 0 Å². The number of hydrogen-bond donors (Lipinski definition) is 0. The highest BCUT2D eigenvalue weighted by Gasteiger charge is 2.23. The van der Waals surface area contributed by atoms with E-state index in [-0.39, 0.29) is 0 Å². The van der Waals surface area contributed by atoms with Crippen molar-refractivity contribution >= 4 is 33.3 Å². The highest BCUT2D eigenvalue weighted by molar-refractivity contribution is 7.99. The third-order valence-corrected chi connectivity index (χ3v) is 7.19. The van der Waals surface area contributed by atoms with Gasteiger partial charge in [-0.25, -0.2) is 9.97 Å². The molecule has 3 heterocycles. The summed E-state index contributed by atoms with van der Waals surface area (Å²) in [5, 5.41) is 2.44. The number of rotatable bonds is 4. The minimum absolute atomic E-state index is 0.807. The van der Waals surface area contributed by atoms with Gasteiger partial charge in [0.05, 0.1) is 19.8 Å². The van der Waals surface area contributed by atoms with Crippen molar-refractivity contribution in [2.45, 2.75) is 35.7 Å². The number of fused-ring (bicyclic) bond motifs is 3. The van der Waals surface area contributed by atoms with Crippen LogP contribution in [0.3, 0.4) is 0 Å². The van der Waals surface area contributed by atoms with E-state index in [4.69, 9.17) is 14.7 Å². The Hall–Kier alpha value is -1.47. The van der Waals surface area contributed by atoms with Crippen LogP contribution in [0.15, 0.2) is 40.3 Å². The SMILES string of the molecule is c1ccc(Sc2nc(CN3CCOCC3)nc3sc4c(c23)CCC4)cc1. The Morgan fingerprint density at radius 3 is 2.77 bits per heavy atom. The lowest BCUT2D eigenvalue weighted by Crippen LogP contribution is -2.36. The van der Waals surface area contributed by atoms with E-state index in [2.05, 4.69) is 35.2 Å². The van der Waals surface area contributed by atoms with E-state index in [9.17, 15) is 0 Å². The zero-order valence-corrected chi connectivity index (χ0v) is 16.2. The molecule has 0 bridgehead atoms. The molecule has 134 valence electrons. The van der Waals surface area contributed by atoms with Crippen LogP contribution in [0.2, 0.25) is 0 Å². The molecule has 26 heavy (non-hydrogen) atoms. The zero-order valence-electron chi connectivity index (χ0n) is 14.6. The average molecular weight is 384 g/mol. The van der Waals surface area contributed by atoms with Gasteiger partial charge in [-0.3, -0.25) is 4.90 Å². The van der Waals surface area contributed by atoms with E-state index in [1.165, 1.54) is 44.8 Å². The Kier molecular flexibility index (Phi) is 4.67. The number of ether oxygens (including phenoxy) is 1. The van der Waals surface area contributed by atoms with Gasteiger partial charge in [0, 0.05) is 28.2 Å². The summed E-state index contributed by atoms with van der Waals surface area (Å²) in [7, 11) is 0. The fourth-order valence-electron chi connectivity index (χ4n) is 3.71. The van der Waals surface area contributed by atoms with E-state index in [1.54, 1.807) is 11.8 Å². The first-order valence-electron chi connectivity index (χ1n) is 9.21. The molecule has 0 amide bonds. The lowest BCUT2D eigenvalue weighted by atomic mass is 10.2. The van der Waals surface area contributed by atoms with Crippen LogP contribution in [-0.4, -0.2) is 41.2 Å². The summed E-state index contributed by atoms with van der Waals surface area (Å²) in [6.07, 6.45) is 3.64. The maximum Gasteiger partial charge on any atom is 0.145 e. The van der Waals surface area contributed by atoms with E-state index >= 15 is 0 Å². The van der Waals surface area contributed by atoms with Crippen molar-refractivity contribution in [3.8, 4) is 0 Å². The Balaban J connectivity index is 1.55. The molecule has 4 nitrogen and oxygen atoms in total. The molecule has 1 aliphatic heterocycles. The molecule has 3 aromatic rings. The van der Waals surface area contributed by atoms with Crippen molar-refractivity contribution in [2.24, 2.45) is 0 Å². The van der Waals surface area contributed by atoms with Crippen LogP contribution >= 0.6 is 23.1 Å². The molecule has 1 aromatic carbocycles. The Labute approximate surface area is 161 Å². The van der Waals surface area contributed by atoms with Crippen LogP contribution in [0.25, 0.3) is 10.2 Å². The number of nitrogens with zero attached hydrogens (tertiary/aromatic N) is 3. The van der Waals surface area contributed by atoms with E-state index in [1.807, 2.05) is 11.3 Å².